The van der Waals surface area contributed by atoms with E-state index in [1.54, 1.807) is 0 Å². The Morgan fingerprint density at radius 1 is 1.63 bits per heavy atom. The predicted octanol–water partition coefficient (Wildman–Crippen LogP) is 1.66. The van der Waals surface area contributed by atoms with Crippen LogP contribution in [0.25, 0.3) is 0 Å². The van der Waals surface area contributed by atoms with Crippen LogP contribution in [0.1, 0.15) is 13.3 Å². The first-order chi connectivity index (χ1) is 8.81. The normalized spacial score (nSPS) is 13.4. The minimum atomic E-state index is -3.76. The first kappa shape index (κ1) is 16.2. The maximum absolute atomic E-state index is 12.1. The van der Waals surface area contributed by atoms with Crippen LogP contribution in [0.2, 0.25) is 0 Å². The highest BCUT2D eigenvalue weighted by Gasteiger charge is 2.26. The third kappa shape index (κ3) is 4.06. The van der Waals surface area contributed by atoms with Gasteiger partial charge in [-0.3, -0.25) is 10.1 Å². The van der Waals surface area contributed by atoms with Gasteiger partial charge in [-0.2, -0.15) is 11.8 Å². The fraction of sp³-hybridized carbons (Fsp3) is 0.556. The van der Waals surface area contributed by atoms with Crippen LogP contribution in [0.5, 0.6) is 0 Å². The molecular weight excluding hydrogens is 310 g/mol. The van der Waals surface area contributed by atoms with Gasteiger partial charge in [0.25, 0.3) is 10.0 Å². The maximum Gasteiger partial charge on any atom is 0.304 e. The lowest BCUT2D eigenvalue weighted by atomic mass is 10.3. The van der Waals surface area contributed by atoms with Crippen molar-refractivity contribution >= 4 is 43.8 Å². The number of thioether (sulfide) groups is 1. The molecule has 0 saturated carbocycles. The maximum atomic E-state index is 12.1. The van der Waals surface area contributed by atoms with E-state index in [1.807, 2.05) is 13.2 Å². The molecule has 1 unspecified atom stereocenters. The molecule has 1 atom stereocenters. The number of rotatable bonds is 7. The van der Waals surface area contributed by atoms with Crippen LogP contribution in [0.4, 0.5) is 10.7 Å². The van der Waals surface area contributed by atoms with Crippen LogP contribution in [-0.2, 0) is 10.0 Å². The Morgan fingerprint density at radius 2 is 2.26 bits per heavy atom. The van der Waals surface area contributed by atoms with E-state index < -0.39 is 14.9 Å². The number of anilines is 1. The molecule has 108 valence electrons. The van der Waals surface area contributed by atoms with Crippen LogP contribution in [0.15, 0.2) is 10.3 Å². The molecule has 0 bridgehead atoms. The lowest BCUT2D eigenvalue weighted by molar-refractivity contribution is -0.383. The predicted molar refractivity (Wildman–Crippen MR) is 78.2 cm³/mol. The van der Waals surface area contributed by atoms with Gasteiger partial charge >= 0.3 is 5.69 Å². The zero-order chi connectivity index (χ0) is 14.6. The lowest BCUT2D eigenvalue weighted by Gasteiger charge is -2.14. The monoisotopic (exact) mass is 325 g/mol. The molecule has 3 N–H and O–H groups in total. The van der Waals surface area contributed by atoms with Gasteiger partial charge in [0.05, 0.1) is 4.92 Å². The third-order valence-corrected chi connectivity index (χ3v) is 6.04. The summed E-state index contributed by atoms with van der Waals surface area (Å²) >= 11 is 2.23. The SMILES string of the molecule is CCC(CSC)NS(=O)(=O)c1cc([N+](=O)[O-])c(N)s1. The molecule has 19 heavy (non-hydrogen) atoms. The molecule has 7 nitrogen and oxygen atoms in total. The Bertz CT molecular complexity index is 555. The number of nitrogen functional groups attached to an aromatic ring is 1. The van der Waals surface area contributed by atoms with Gasteiger partial charge < -0.3 is 5.73 Å². The lowest BCUT2D eigenvalue weighted by Crippen LogP contribution is -2.35. The molecule has 0 aliphatic rings. The van der Waals surface area contributed by atoms with Crippen LogP contribution in [0, 0.1) is 10.1 Å². The fourth-order valence-electron chi connectivity index (χ4n) is 1.36. The van der Waals surface area contributed by atoms with Crippen molar-refractivity contribution in [1.82, 2.24) is 4.72 Å². The van der Waals surface area contributed by atoms with Gasteiger partial charge in [0.1, 0.15) is 4.21 Å². The molecule has 0 saturated heterocycles. The van der Waals surface area contributed by atoms with Crippen molar-refractivity contribution in [2.75, 3.05) is 17.7 Å². The van der Waals surface area contributed by atoms with Crippen LogP contribution >= 0.6 is 23.1 Å². The van der Waals surface area contributed by atoms with E-state index in [4.69, 9.17) is 5.73 Å². The van der Waals surface area contributed by atoms with Crippen molar-refractivity contribution in [2.24, 2.45) is 0 Å². The first-order valence-electron chi connectivity index (χ1n) is 5.36. The Kier molecular flexibility index (Phi) is 5.59. The topological polar surface area (TPSA) is 115 Å². The van der Waals surface area contributed by atoms with E-state index in [0.29, 0.717) is 23.5 Å². The van der Waals surface area contributed by atoms with Crippen LogP contribution < -0.4 is 10.5 Å². The van der Waals surface area contributed by atoms with Crippen LogP contribution in [0.3, 0.4) is 0 Å². The third-order valence-electron chi connectivity index (χ3n) is 2.36. The summed E-state index contributed by atoms with van der Waals surface area (Å²) in [4.78, 5) is 9.97. The molecule has 0 fully saturated rings. The zero-order valence-corrected chi connectivity index (χ0v) is 12.9. The number of hydrogen-bond acceptors (Lipinski definition) is 7. The smallest absolute Gasteiger partial charge is 0.304 e. The average molecular weight is 325 g/mol. The summed E-state index contributed by atoms with van der Waals surface area (Å²) < 4.78 is 26.5. The van der Waals surface area contributed by atoms with Gasteiger partial charge in [0.15, 0.2) is 5.00 Å². The van der Waals surface area contributed by atoms with Crippen molar-refractivity contribution < 1.29 is 13.3 Å². The van der Waals surface area contributed by atoms with Crippen LogP contribution in [-0.4, -0.2) is 31.4 Å². The van der Waals surface area contributed by atoms with E-state index in [0.717, 1.165) is 6.07 Å². The molecule has 1 heterocycles. The number of nitrogens with zero attached hydrogens (tertiary/aromatic N) is 1. The van der Waals surface area contributed by atoms with Gasteiger partial charge in [-0.25, -0.2) is 13.1 Å². The van der Waals surface area contributed by atoms with Crippen molar-refractivity contribution in [2.45, 2.75) is 23.6 Å². The zero-order valence-electron chi connectivity index (χ0n) is 10.5. The number of sulfonamides is 1. The Balaban J connectivity index is 3.00. The molecule has 1 aromatic heterocycles. The molecule has 10 heteroatoms. The second kappa shape index (κ2) is 6.55. The summed E-state index contributed by atoms with van der Waals surface area (Å²) in [5.74, 6) is 0.638. The molecule has 1 aromatic rings. The molecule has 1 rings (SSSR count). The minimum absolute atomic E-state index is 0.108. The Labute approximate surface area is 119 Å². The van der Waals surface area contributed by atoms with Gasteiger partial charge in [-0.15, -0.1) is 0 Å². The number of nitro groups is 1. The molecule has 0 radical (unpaired) electrons. The van der Waals surface area contributed by atoms with E-state index in [9.17, 15) is 18.5 Å². The first-order valence-corrected chi connectivity index (χ1v) is 9.06. The summed E-state index contributed by atoms with van der Waals surface area (Å²) in [5, 5.41) is 10.5. The summed E-state index contributed by atoms with van der Waals surface area (Å²) in [5.41, 5.74) is 5.07. The van der Waals surface area contributed by atoms with E-state index in [-0.39, 0.29) is 20.9 Å². The highest BCUT2D eigenvalue weighted by Crippen LogP contribution is 2.34. The standard InChI is InChI=1S/C9H15N3O4S3/c1-3-6(5-17-2)11-19(15,16)8-4-7(12(13)14)9(10)18-8/h4,6,11H,3,5,10H2,1-2H3. The highest BCUT2D eigenvalue weighted by atomic mass is 32.2. The van der Waals surface area contributed by atoms with Gasteiger partial charge in [-0.05, 0) is 12.7 Å². The number of hydrogen-bond donors (Lipinski definition) is 2. The van der Waals surface area contributed by atoms with Gasteiger partial charge in [0.2, 0.25) is 0 Å². The van der Waals surface area contributed by atoms with E-state index in [1.165, 1.54) is 11.8 Å². The van der Waals surface area contributed by atoms with E-state index in [2.05, 4.69) is 4.72 Å². The van der Waals surface area contributed by atoms with Gasteiger partial charge in [0, 0.05) is 17.9 Å². The molecular formula is C9H15N3O4S3. The van der Waals surface area contributed by atoms with E-state index >= 15 is 0 Å². The van der Waals surface area contributed by atoms with Crippen molar-refractivity contribution in [3.05, 3.63) is 16.2 Å². The second-order valence-corrected chi connectivity index (χ2v) is 7.69. The molecule has 0 spiro atoms. The average Bonchev–Trinajstić information content (AvgIpc) is 2.71. The quantitative estimate of drug-likeness (QED) is 0.582. The minimum Gasteiger partial charge on any atom is -0.385 e. The number of nitrogens with one attached hydrogen (secondary N) is 1. The number of nitrogens with two attached hydrogens (primary N) is 1. The summed E-state index contributed by atoms with van der Waals surface area (Å²) in [6.45, 7) is 1.87. The fourth-order valence-corrected chi connectivity index (χ4v) is 4.74. The molecule has 0 aliphatic heterocycles. The molecule has 0 amide bonds. The molecule has 0 aliphatic carbocycles. The van der Waals surface area contributed by atoms with Crippen molar-refractivity contribution in [1.29, 1.82) is 0 Å². The highest BCUT2D eigenvalue weighted by molar-refractivity contribution is 7.98. The molecule has 0 aromatic carbocycles. The summed E-state index contributed by atoms with van der Waals surface area (Å²) in [7, 11) is -3.76. The summed E-state index contributed by atoms with van der Waals surface area (Å²) in [6, 6.07) is 0.788. The van der Waals surface area contributed by atoms with Crippen molar-refractivity contribution in [3.8, 4) is 0 Å². The van der Waals surface area contributed by atoms with Gasteiger partial charge in [-0.1, -0.05) is 18.3 Å². The summed E-state index contributed by atoms with van der Waals surface area (Å²) in [6.07, 6.45) is 2.52. The second-order valence-electron chi connectivity index (χ2n) is 3.75. The van der Waals surface area contributed by atoms with Crippen molar-refractivity contribution in [3.63, 3.8) is 0 Å². The number of thiophene rings is 1. The Morgan fingerprint density at radius 3 is 2.68 bits per heavy atom. The Hall–Kier alpha value is -0.840. The largest absolute Gasteiger partial charge is 0.385 e.